The minimum absolute atomic E-state index is 0.379. The summed E-state index contributed by atoms with van der Waals surface area (Å²) in [6, 6.07) is 14.9. The Labute approximate surface area is 142 Å². The number of hydrogen-bond donors (Lipinski definition) is 1. The van der Waals surface area contributed by atoms with Gasteiger partial charge in [0.05, 0.1) is 11.9 Å². The molecule has 6 heteroatoms. The predicted molar refractivity (Wildman–Crippen MR) is 92.7 cm³/mol. The van der Waals surface area contributed by atoms with Crippen LogP contribution in [0.1, 0.15) is 11.3 Å². The topological polar surface area (TPSA) is 54.7 Å². The molecule has 23 heavy (non-hydrogen) atoms. The number of aromatic nitrogens is 1. The molecule has 3 aromatic rings. The molecule has 0 atom stereocenters. The van der Waals surface area contributed by atoms with E-state index in [9.17, 15) is 0 Å². The van der Waals surface area contributed by atoms with Gasteiger partial charge in [0.25, 0.3) is 0 Å². The number of benzene rings is 2. The third-order valence-corrected chi connectivity index (χ3v) is 4.29. The second kappa shape index (κ2) is 7.26. The number of hydrogen-bond acceptors (Lipinski definition) is 5. The van der Waals surface area contributed by atoms with E-state index in [2.05, 4.69) is 10.1 Å². The summed E-state index contributed by atoms with van der Waals surface area (Å²) in [4.78, 5) is 4.57. The first-order valence-corrected chi connectivity index (χ1v) is 8.11. The summed E-state index contributed by atoms with van der Waals surface area (Å²) in [7, 11) is 0. The smallest absolute Gasteiger partial charge is 0.131 e. The average Bonchev–Trinajstić information content (AvgIpc) is 3.03. The van der Waals surface area contributed by atoms with E-state index in [0.29, 0.717) is 17.4 Å². The third kappa shape index (κ3) is 4.09. The van der Waals surface area contributed by atoms with E-state index in [1.165, 1.54) is 6.21 Å². The van der Waals surface area contributed by atoms with Gasteiger partial charge in [-0.3, -0.25) is 0 Å². The van der Waals surface area contributed by atoms with E-state index >= 15 is 0 Å². The molecule has 0 unspecified atom stereocenters. The van der Waals surface area contributed by atoms with Gasteiger partial charge in [-0.2, -0.15) is 0 Å². The molecule has 0 aliphatic rings. The van der Waals surface area contributed by atoms with Gasteiger partial charge in [0.1, 0.15) is 17.4 Å². The van der Waals surface area contributed by atoms with Gasteiger partial charge < -0.3 is 9.94 Å². The quantitative estimate of drug-likeness (QED) is 0.409. The Morgan fingerprint density at radius 3 is 2.83 bits per heavy atom. The van der Waals surface area contributed by atoms with Crippen LogP contribution in [0.3, 0.4) is 0 Å². The lowest BCUT2D eigenvalue weighted by molar-refractivity contribution is 0.302. The van der Waals surface area contributed by atoms with Crippen molar-refractivity contribution in [2.75, 3.05) is 0 Å². The lowest BCUT2D eigenvalue weighted by atomic mass is 10.2. The van der Waals surface area contributed by atoms with Crippen molar-refractivity contribution in [3.8, 4) is 16.3 Å². The van der Waals surface area contributed by atoms with Gasteiger partial charge in [-0.05, 0) is 29.8 Å². The number of ether oxygens (including phenoxy) is 1. The van der Waals surface area contributed by atoms with Gasteiger partial charge in [0.2, 0.25) is 0 Å². The summed E-state index contributed by atoms with van der Waals surface area (Å²) >= 11 is 7.46. The largest absolute Gasteiger partial charge is 0.487 e. The van der Waals surface area contributed by atoms with E-state index in [-0.39, 0.29) is 0 Å². The molecule has 3 rings (SSSR count). The van der Waals surface area contributed by atoms with Gasteiger partial charge in [0, 0.05) is 16.0 Å². The number of thiazole rings is 1. The van der Waals surface area contributed by atoms with Crippen molar-refractivity contribution >= 4 is 29.2 Å². The molecule has 1 N–H and O–H groups in total. The molecule has 0 saturated carbocycles. The van der Waals surface area contributed by atoms with Crippen molar-refractivity contribution in [3.05, 3.63) is 70.2 Å². The molecule has 0 saturated heterocycles. The molecule has 0 radical (unpaired) electrons. The van der Waals surface area contributed by atoms with Crippen LogP contribution in [-0.4, -0.2) is 16.4 Å². The van der Waals surface area contributed by atoms with Crippen LogP contribution in [0.25, 0.3) is 10.6 Å². The van der Waals surface area contributed by atoms with Crippen molar-refractivity contribution in [1.29, 1.82) is 0 Å². The monoisotopic (exact) mass is 344 g/mol. The lowest BCUT2D eigenvalue weighted by Gasteiger charge is -2.04. The Morgan fingerprint density at radius 2 is 2.04 bits per heavy atom. The second-order valence-corrected chi connectivity index (χ2v) is 6.05. The highest BCUT2D eigenvalue weighted by atomic mass is 35.5. The molecule has 0 spiro atoms. The fourth-order valence-corrected chi connectivity index (χ4v) is 2.94. The van der Waals surface area contributed by atoms with Crippen molar-refractivity contribution in [3.63, 3.8) is 0 Å². The maximum atomic E-state index is 8.56. The zero-order valence-corrected chi connectivity index (χ0v) is 13.6. The van der Waals surface area contributed by atoms with Gasteiger partial charge in [-0.15, -0.1) is 11.3 Å². The Hall–Kier alpha value is -2.37. The van der Waals surface area contributed by atoms with Crippen LogP contribution in [-0.2, 0) is 6.61 Å². The summed E-state index contributed by atoms with van der Waals surface area (Å²) in [6.45, 7) is 0.379. The van der Waals surface area contributed by atoms with Gasteiger partial charge >= 0.3 is 0 Å². The van der Waals surface area contributed by atoms with Crippen LogP contribution >= 0.6 is 22.9 Å². The molecule has 0 bridgehead atoms. The predicted octanol–water partition coefficient (Wildman–Crippen LogP) is 4.85. The maximum Gasteiger partial charge on any atom is 0.131 e. The third-order valence-electron chi connectivity index (χ3n) is 3.09. The second-order valence-electron chi connectivity index (χ2n) is 4.76. The molecule has 0 fully saturated rings. The van der Waals surface area contributed by atoms with E-state index in [4.69, 9.17) is 21.5 Å². The molecule has 116 valence electrons. The Morgan fingerprint density at radius 1 is 1.22 bits per heavy atom. The van der Waals surface area contributed by atoms with Crippen LogP contribution in [0.2, 0.25) is 5.02 Å². The van der Waals surface area contributed by atoms with E-state index in [1.54, 1.807) is 17.4 Å². The maximum absolute atomic E-state index is 8.56. The molecular weight excluding hydrogens is 332 g/mol. The average molecular weight is 345 g/mol. The van der Waals surface area contributed by atoms with Crippen LogP contribution in [0.5, 0.6) is 5.75 Å². The lowest BCUT2D eigenvalue weighted by Crippen LogP contribution is -1.96. The van der Waals surface area contributed by atoms with Gasteiger partial charge in [-0.25, -0.2) is 4.98 Å². The molecule has 4 nitrogen and oxygen atoms in total. The van der Waals surface area contributed by atoms with Crippen molar-refractivity contribution in [2.45, 2.75) is 6.61 Å². The van der Waals surface area contributed by atoms with Crippen LogP contribution < -0.4 is 4.74 Å². The van der Waals surface area contributed by atoms with Crippen LogP contribution in [0.4, 0.5) is 0 Å². The minimum Gasteiger partial charge on any atom is -0.487 e. The number of halogens is 1. The van der Waals surface area contributed by atoms with E-state index in [0.717, 1.165) is 21.8 Å². The zero-order valence-electron chi connectivity index (χ0n) is 12.0. The van der Waals surface area contributed by atoms with Crippen molar-refractivity contribution < 1.29 is 9.94 Å². The molecular formula is C17H13ClN2O2S. The first-order valence-electron chi connectivity index (χ1n) is 6.85. The van der Waals surface area contributed by atoms with Gasteiger partial charge in [0.15, 0.2) is 0 Å². The minimum atomic E-state index is 0.379. The van der Waals surface area contributed by atoms with E-state index < -0.39 is 0 Å². The number of rotatable bonds is 5. The van der Waals surface area contributed by atoms with Crippen molar-refractivity contribution in [1.82, 2.24) is 4.98 Å². The number of oxime groups is 1. The molecule has 0 aliphatic carbocycles. The highest BCUT2D eigenvalue weighted by Gasteiger charge is 2.06. The Kier molecular flexibility index (Phi) is 4.90. The SMILES string of the molecule is ON=Cc1cccc(OCc2csc(-c3ccc(Cl)cc3)n2)c1. The highest BCUT2D eigenvalue weighted by molar-refractivity contribution is 7.13. The number of nitrogens with zero attached hydrogens (tertiary/aromatic N) is 2. The molecule has 1 aromatic heterocycles. The summed E-state index contributed by atoms with van der Waals surface area (Å²) in [5, 5.41) is 15.2. The normalized spacial score (nSPS) is 11.0. The molecule has 1 heterocycles. The first-order chi connectivity index (χ1) is 11.2. The van der Waals surface area contributed by atoms with Gasteiger partial charge in [-0.1, -0.05) is 41.0 Å². The van der Waals surface area contributed by atoms with Crippen LogP contribution in [0, 0.1) is 0 Å². The highest BCUT2D eigenvalue weighted by Crippen LogP contribution is 2.25. The Balaban J connectivity index is 1.67. The van der Waals surface area contributed by atoms with Crippen molar-refractivity contribution in [2.24, 2.45) is 5.16 Å². The molecule has 0 amide bonds. The summed E-state index contributed by atoms with van der Waals surface area (Å²) in [6.07, 6.45) is 1.36. The van der Waals surface area contributed by atoms with Crippen LogP contribution in [0.15, 0.2) is 59.1 Å². The zero-order chi connectivity index (χ0) is 16.1. The fraction of sp³-hybridized carbons (Fsp3) is 0.0588. The standard InChI is InChI=1S/C17H13ClN2O2S/c18-14-6-4-13(5-7-14)17-20-15(11-23-17)10-22-16-3-1-2-12(8-16)9-19-21/h1-9,11,21H,10H2. The van der Waals surface area contributed by atoms with E-state index in [1.807, 2.05) is 47.8 Å². The summed E-state index contributed by atoms with van der Waals surface area (Å²) in [5.74, 6) is 0.698. The first kappa shape index (κ1) is 15.5. The summed E-state index contributed by atoms with van der Waals surface area (Å²) in [5.41, 5.74) is 2.66. The molecule has 2 aromatic carbocycles. The fourth-order valence-electron chi connectivity index (χ4n) is 2.01. The molecule has 0 aliphatic heterocycles. The summed E-state index contributed by atoms with van der Waals surface area (Å²) < 4.78 is 5.73. The Bertz CT molecular complexity index is 815.